The SMILES string of the molecule is Cc1cc(N2CCN(Cc3ccccn3)CC2)ccc1-c1cn(C[C@H]2CCCCO2)nn1. The molecule has 0 radical (unpaired) electrons. The van der Waals surface area contributed by atoms with Gasteiger partial charge in [0.25, 0.3) is 0 Å². The molecule has 0 N–H and O–H groups in total. The van der Waals surface area contributed by atoms with E-state index in [1.807, 2.05) is 16.9 Å². The monoisotopic (exact) mass is 432 g/mol. The van der Waals surface area contributed by atoms with Crippen LogP contribution in [0.1, 0.15) is 30.5 Å². The van der Waals surface area contributed by atoms with E-state index in [1.54, 1.807) is 0 Å². The Morgan fingerprint density at radius 3 is 2.72 bits per heavy atom. The van der Waals surface area contributed by atoms with Gasteiger partial charge in [-0.2, -0.15) is 0 Å². The van der Waals surface area contributed by atoms with Crippen molar-refractivity contribution < 1.29 is 4.74 Å². The van der Waals surface area contributed by atoms with Crippen LogP contribution in [0.5, 0.6) is 0 Å². The third kappa shape index (κ3) is 5.00. The summed E-state index contributed by atoms with van der Waals surface area (Å²) in [6.07, 6.45) is 7.71. The molecule has 0 unspecified atom stereocenters. The van der Waals surface area contributed by atoms with Crippen molar-refractivity contribution in [1.82, 2.24) is 24.9 Å². The highest BCUT2D eigenvalue weighted by Crippen LogP contribution is 2.27. The Labute approximate surface area is 190 Å². The number of aryl methyl sites for hydroxylation is 1. The van der Waals surface area contributed by atoms with Gasteiger partial charge in [0.05, 0.1) is 24.5 Å². The quantitative estimate of drug-likeness (QED) is 0.594. The highest BCUT2D eigenvalue weighted by Gasteiger charge is 2.19. The molecule has 1 atom stereocenters. The maximum atomic E-state index is 5.84. The highest BCUT2D eigenvalue weighted by molar-refractivity contribution is 5.67. The Morgan fingerprint density at radius 2 is 1.97 bits per heavy atom. The van der Waals surface area contributed by atoms with Crippen molar-refractivity contribution in [1.29, 1.82) is 0 Å². The zero-order valence-electron chi connectivity index (χ0n) is 18.9. The lowest BCUT2D eigenvalue weighted by Gasteiger charge is -2.36. The summed E-state index contributed by atoms with van der Waals surface area (Å²) in [5.74, 6) is 0. The summed E-state index contributed by atoms with van der Waals surface area (Å²) in [5.41, 5.74) is 5.75. The first-order valence-electron chi connectivity index (χ1n) is 11.7. The van der Waals surface area contributed by atoms with E-state index < -0.39 is 0 Å². The summed E-state index contributed by atoms with van der Waals surface area (Å²) in [6, 6.07) is 12.8. The molecular formula is C25H32N6O. The predicted octanol–water partition coefficient (Wildman–Crippen LogP) is 3.54. The van der Waals surface area contributed by atoms with Gasteiger partial charge in [-0.1, -0.05) is 17.3 Å². The third-order valence-corrected chi connectivity index (χ3v) is 6.54. The van der Waals surface area contributed by atoms with Crippen LogP contribution in [-0.4, -0.2) is 63.8 Å². The second kappa shape index (κ2) is 9.79. The first-order chi connectivity index (χ1) is 15.7. The van der Waals surface area contributed by atoms with Gasteiger partial charge in [0.1, 0.15) is 5.69 Å². The molecule has 0 spiro atoms. The normalized spacial score (nSPS) is 19.9. The van der Waals surface area contributed by atoms with E-state index >= 15 is 0 Å². The van der Waals surface area contributed by atoms with Gasteiger partial charge in [0, 0.05) is 56.8 Å². The number of nitrogens with zero attached hydrogens (tertiary/aromatic N) is 6. The van der Waals surface area contributed by atoms with Crippen LogP contribution in [0.3, 0.4) is 0 Å². The lowest BCUT2D eigenvalue weighted by atomic mass is 10.0. The first kappa shape index (κ1) is 21.1. The molecule has 2 aliphatic heterocycles. The number of benzene rings is 1. The van der Waals surface area contributed by atoms with Crippen LogP contribution in [0.4, 0.5) is 5.69 Å². The average Bonchev–Trinajstić information content (AvgIpc) is 3.29. The summed E-state index contributed by atoms with van der Waals surface area (Å²) in [5, 5.41) is 8.78. The molecule has 2 saturated heterocycles. The fourth-order valence-electron chi connectivity index (χ4n) is 4.69. The van der Waals surface area contributed by atoms with Crippen LogP contribution in [0.25, 0.3) is 11.3 Å². The van der Waals surface area contributed by atoms with Gasteiger partial charge in [0.15, 0.2) is 0 Å². The molecule has 2 aliphatic rings. The molecular weight excluding hydrogens is 400 g/mol. The van der Waals surface area contributed by atoms with Gasteiger partial charge in [-0.15, -0.1) is 5.10 Å². The van der Waals surface area contributed by atoms with Crippen molar-refractivity contribution in [3.63, 3.8) is 0 Å². The van der Waals surface area contributed by atoms with E-state index in [9.17, 15) is 0 Å². The second-order valence-corrected chi connectivity index (χ2v) is 8.90. The van der Waals surface area contributed by atoms with Crippen molar-refractivity contribution in [2.45, 2.75) is 45.4 Å². The minimum atomic E-state index is 0.262. The summed E-state index contributed by atoms with van der Waals surface area (Å²) in [7, 11) is 0. The lowest BCUT2D eigenvalue weighted by molar-refractivity contribution is 0.00370. The predicted molar refractivity (Wildman–Crippen MR) is 126 cm³/mol. The van der Waals surface area contributed by atoms with Gasteiger partial charge in [-0.05, 0) is 56.0 Å². The summed E-state index contributed by atoms with van der Waals surface area (Å²) >= 11 is 0. The molecule has 0 saturated carbocycles. The van der Waals surface area contributed by atoms with E-state index in [0.29, 0.717) is 0 Å². The highest BCUT2D eigenvalue weighted by atomic mass is 16.5. The molecule has 3 aromatic rings. The lowest BCUT2D eigenvalue weighted by Crippen LogP contribution is -2.46. The molecule has 168 valence electrons. The number of aromatic nitrogens is 4. The maximum absolute atomic E-state index is 5.84. The van der Waals surface area contributed by atoms with Gasteiger partial charge >= 0.3 is 0 Å². The third-order valence-electron chi connectivity index (χ3n) is 6.54. The van der Waals surface area contributed by atoms with Crippen molar-refractivity contribution >= 4 is 5.69 Å². The number of hydrogen-bond donors (Lipinski definition) is 0. The van der Waals surface area contributed by atoms with Crippen LogP contribution >= 0.6 is 0 Å². The molecule has 7 heteroatoms. The van der Waals surface area contributed by atoms with Crippen LogP contribution in [-0.2, 0) is 17.8 Å². The molecule has 0 amide bonds. The topological polar surface area (TPSA) is 59.3 Å². The van der Waals surface area contributed by atoms with Gasteiger partial charge in [-0.25, -0.2) is 4.68 Å². The van der Waals surface area contributed by atoms with E-state index in [0.717, 1.165) is 69.2 Å². The van der Waals surface area contributed by atoms with Crippen molar-refractivity contribution in [3.05, 3.63) is 60.0 Å². The first-order valence-corrected chi connectivity index (χ1v) is 11.7. The fourth-order valence-corrected chi connectivity index (χ4v) is 4.69. The number of ether oxygens (including phenoxy) is 1. The van der Waals surface area contributed by atoms with Crippen LogP contribution in [0.15, 0.2) is 48.8 Å². The number of anilines is 1. The zero-order valence-corrected chi connectivity index (χ0v) is 18.9. The Hall–Kier alpha value is -2.77. The Balaban J connectivity index is 1.19. The number of rotatable bonds is 6. The summed E-state index contributed by atoms with van der Waals surface area (Å²) < 4.78 is 7.77. The summed E-state index contributed by atoms with van der Waals surface area (Å²) in [6.45, 7) is 8.90. The zero-order chi connectivity index (χ0) is 21.8. The van der Waals surface area contributed by atoms with Gasteiger partial charge < -0.3 is 9.64 Å². The van der Waals surface area contributed by atoms with Crippen molar-refractivity contribution in [3.8, 4) is 11.3 Å². The van der Waals surface area contributed by atoms with E-state index in [2.05, 4.69) is 68.5 Å². The summed E-state index contributed by atoms with van der Waals surface area (Å²) in [4.78, 5) is 9.42. The number of pyridine rings is 1. The van der Waals surface area contributed by atoms with Gasteiger partial charge in [0.2, 0.25) is 0 Å². The number of hydrogen-bond acceptors (Lipinski definition) is 6. The molecule has 32 heavy (non-hydrogen) atoms. The standard InChI is InChI=1S/C25H32N6O/c1-20-16-22(30-13-11-29(12-14-30)17-21-6-2-4-10-26-21)8-9-24(20)25-19-31(28-27-25)18-23-7-3-5-15-32-23/h2,4,6,8-10,16,19,23H,3,5,7,11-15,17-18H2,1H3/t23-/m1/s1. The van der Waals surface area contributed by atoms with E-state index in [1.165, 1.54) is 24.1 Å². The van der Waals surface area contributed by atoms with Crippen molar-refractivity contribution in [2.75, 3.05) is 37.7 Å². The molecule has 2 fully saturated rings. The molecule has 0 aliphatic carbocycles. The van der Waals surface area contributed by atoms with Crippen LogP contribution < -0.4 is 4.90 Å². The average molecular weight is 433 g/mol. The van der Waals surface area contributed by atoms with E-state index in [4.69, 9.17) is 4.74 Å². The minimum Gasteiger partial charge on any atom is -0.376 e. The molecule has 5 rings (SSSR count). The number of piperazine rings is 1. The molecule has 2 aromatic heterocycles. The second-order valence-electron chi connectivity index (χ2n) is 8.90. The molecule has 1 aromatic carbocycles. The van der Waals surface area contributed by atoms with Crippen LogP contribution in [0, 0.1) is 6.92 Å². The van der Waals surface area contributed by atoms with Crippen LogP contribution in [0.2, 0.25) is 0 Å². The Kier molecular flexibility index (Phi) is 6.46. The Morgan fingerprint density at radius 1 is 1.06 bits per heavy atom. The Bertz CT molecular complexity index is 1010. The smallest absolute Gasteiger partial charge is 0.113 e. The molecule has 7 nitrogen and oxygen atoms in total. The minimum absolute atomic E-state index is 0.262. The van der Waals surface area contributed by atoms with E-state index in [-0.39, 0.29) is 6.10 Å². The maximum Gasteiger partial charge on any atom is 0.113 e. The fraction of sp³-hybridized carbons (Fsp3) is 0.480. The largest absolute Gasteiger partial charge is 0.376 e. The molecule has 0 bridgehead atoms. The van der Waals surface area contributed by atoms with Crippen molar-refractivity contribution in [2.24, 2.45) is 0 Å². The molecule has 4 heterocycles. The van der Waals surface area contributed by atoms with Gasteiger partial charge in [-0.3, -0.25) is 9.88 Å².